The molecule has 0 radical (unpaired) electrons. The Morgan fingerprint density at radius 3 is 2.15 bits per heavy atom. The number of carbonyl (C=O) groups is 1. The lowest BCUT2D eigenvalue weighted by Crippen LogP contribution is -2.39. The summed E-state index contributed by atoms with van der Waals surface area (Å²) in [6.07, 6.45) is 15.5. The molecule has 2 aromatic heterocycles. The van der Waals surface area contributed by atoms with Crippen molar-refractivity contribution in [2.45, 2.75) is 82.3 Å². The summed E-state index contributed by atoms with van der Waals surface area (Å²) in [5.41, 5.74) is 3.14. The second-order valence-electron chi connectivity index (χ2n) is 11.6. The minimum absolute atomic E-state index is 0.0299. The number of amides is 1. The smallest absolute Gasteiger partial charge is 0.248 e. The van der Waals surface area contributed by atoms with Crippen molar-refractivity contribution in [1.29, 1.82) is 0 Å². The molecule has 1 aromatic carbocycles. The molecule has 1 saturated heterocycles. The van der Waals surface area contributed by atoms with Crippen molar-refractivity contribution in [3.8, 4) is 21.7 Å². The highest BCUT2D eigenvalue weighted by molar-refractivity contribution is 7.14. The Kier molecular flexibility index (Phi) is 8.88. The summed E-state index contributed by atoms with van der Waals surface area (Å²) in [7, 11) is 3.20. The molecular weight excluding hydrogens is 536 g/mol. The molecule has 0 spiro atoms. The van der Waals surface area contributed by atoms with Crippen LogP contribution in [-0.2, 0) is 14.4 Å². The lowest BCUT2D eigenvalue weighted by atomic mass is 9.82. The molecule has 9 nitrogen and oxygen atoms in total. The highest BCUT2D eigenvalue weighted by atomic mass is 32.1. The van der Waals surface area contributed by atoms with E-state index in [2.05, 4.69) is 39.4 Å². The first-order valence-electron chi connectivity index (χ1n) is 15.1. The summed E-state index contributed by atoms with van der Waals surface area (Å²) >= 11 is 1.66. The van der Waals surface area contributed by atoms with Gasteiger partial charge >= 0.3 is 0 Å². The van der Waals surface area contributed by atoms with E-state index in [4.69, 9.17) is 19.5 Å². The molecule has 2 aliphatic carbocycles. The number of hydrogen-bond donors (Lipinski definition) is 0. The number of hydrogen-bond acceptors (Lipinski definition) is 9. The fourth-order valence-corrected chi connectivity index (χ4v) is 7.40. The van der Waals surface area contributed by atoms with Gasteiger partial charge in [-0.15, -0.1) is 10.2 Å². The average Bonchev–Trinajstić information content (AvgIpc) is 3.74. The van der Waals surface area contributed by atoms with Gasteiger partial charge in [0.05, 0.1) is 19.3 Å². The zero-order valence-corrected chi connectivity index (χ0v) is 24.9. The summed E-state index contributed by atoms with van der Waals surface area (Å²) in [5, 5.41) is 12.3. The monoisotopic (exact) mass is 576 g/mol. The number of rotatable bonds is 8. The molecular formula is C31H40N6O3S. The van der Waals surface area contributed by atoms with Crippen LogP contribution in [0.5, 0.6) is 0 Å². The summed E-state index contributed by atoms with van der Waals surface area (Å²) in [6, 6.07) is 8.39. The first-order chi connectivity index (χ1) is 20.1. The van der Waals surface area contributed by atoms with Gasteiger partial charge in [0, 0.05) is 55.5 Å². The maximum absolute atomic E-state index is 12.4. The van der Waals surface area contributed by atoms with Gasteiger partial charge in [0.2, 0.25) is 11.9 Å². The Balaban J connectivity index is 1.02. The number of aromatic nitrogens is 4. The van der Waals surface area contributed by atoms with Crippen LogP contribution in [0.1, 0.15) is 75.1 Å². The van der Waals surface area contributed by atoms with Crippen LogP contribution in [0.3, 0.4) is 0 Å². The Hall–Kier alpha value is -2.95. The van der Waals surface area contributed by atoms with Crippen LogP contribution in [0.2, 0.25) is 0 Å². The van der Waals surface area contributed by atoms with Crippen LogP contribution in [0.4, 0.5) is 5.95 Å². The fourth-order valence-electron chi connectivity index (χ4n) is 6.38. The zero-order valence-electron chi connectivity index (χ0n) is 24.1. The average molecular weight is 577 g/mol. The topological polar surface area (TPSA) is 93.6 Å². The van der Waals surface area contributed by atoms with Crippen molar-refractivity contribution >= 4 is 23.2 Å². The quantitative estimate of drug-likeness (QED) is 0.307. The number of carbonyl (C=O) groups excluding carboxylic acids is 1. The number of piperidine rings is 1. The minimum atomic E-state index is 0.0299. The number of anilines is 1. The van der Waals surface area contributed by atoms with Crippen molar-refractivity contribution in [1.82, 2.24) is 25.2 Å². The molecule has 0 atom stereocenters. The second-order valence-corrected chi connectivity index (χ2v) is 12.6. The molecule has 3 aliphatic rings. The number of benzene rings is 1. The van der Waals surface area contributed by atoms with Crippen LogP contribution in [0.25, 0.3) is 21.7 Å². The van der Waals surface area contributed by atoms with E-state index in [0.29, 0.717) is 18.1 Å². The third-order valence-corrected chi connectivity index (χ3v) is 10.1. The predicted octanol–water partition coefficient (Wildman–Crippen LogP) is 5.88. The van der Waals surface area contributed by atoms with Gasteiger partial charge in [-0.25, -0.2) is 15.0 Å². The van der Waals surface area contributed by atoms with E-state index >= 15 is 0 Å². The number of ether oxygens (including phenoxy) is 1. The molecule has 1 aliphatic heterocycles. The van der Waals surface area contributed by atoms with Gasteiger partial charge in [-0.3, -0.25) is 9.63 Å². The van der Waals surface area contributed by atoms with E-state index in [9.17, 15) is 4.79 Å². The number of hydroxylamine groups is 2. The fraction of sp³-hybridized carbons (Fsp3) is 0.581. The second kappa shape index (κ2) is 12.9. The molecule has 0 N–H and O–H groups in total. The van der Waals surface area contributed by atoms with Crippen molar-refractivity contribution in [3.63, 3.8) is 0 Å². The molecule has 3 fully saturated rings. The van der Waals surface area contributed by atoms with Crippen LogP contribution >= 0.6 is 11.3 Å². The first kappa shape index (κ1) is 28.2. The van der Waals surface area contributed by atoms with Crippen molar-refractivity contribution in [2.75, 3.05) is 32.1 Å². The maximum Gasteiger partial charge on any atom is 0.248 e. The standard InChI is InChI=1S/C31H40N6O3S/c1-36(39-2)30(38)24-13-11-23(12-14-24)29-35-34-28(41-29)22-9-7-21(8-10-22)25-19-32-31(33-20-25)37-17-15-27(16-18-37)40-26-5-3-4-6-26/h7-10,19-20,23-24,26-27H,3-6,11-18H2,1-2H3. The van der Waals surface area contributed by atoms with Gasteiger partial charge in [0.1, 0.15) is 10.0 Å². The van der Waals surface area contributed by atoms with Gasteiger partial charge in [0.15, 0.2) is 0 Å². The minimum Gasteiger partial charge on any atom is -0.375 e. The van der Waals surface area contributed by atoms with E-state index in [1.54, 1.807) is 18.4 Å². The normalized spacial score (nSPS) is 22.2. The molecule has 10 heteroatoms. The number of nitrogens with zero attached hydrogens (tertiary/aromatic N) is 6. The molecule has 3 heterocycles. The zero-order chi connectivity index (χ0) is 28.2. The molecule has 41 heavy (non-hydrogen) atoms. The summed E-state index contributed by atoms with van der Waals surface area (Å²) in [6.45, 7) is 1.89. The third kappa shape index (κ3) is 6.60. The Morgan fingerprint density at radius 1 is 0.854 bits per heavy atom. The van der Waals surface area contributed by atoms with Gasteiger partial charge < -0.3 is 9.64 Å². The first-order valence-corrected chi connectivity index (χ1v) is 15.9. The van der Waals surface area contributed by atoms with Crippen molar-refractivity contribution in [3.05, 3.63) is 41.7 Å². The van der Waals surface area contributed by atoms with Crippen molar-refractivity contribution in [2.24, 2.45) is 5.92 Å². The molecule has 1 amide bonds. The Morgan fingerprint density at radius 2 is 1.49 bits per heavy atom. The summed E-state index contributed by atoms with van der Waals surface area (Å²) in [5.74, 6) is 1.25. The van der Waals surface area contributed by atoms with Crippen LogP contribution in [0.15, 0.2) is 36.7 Å². The summed E-state index contributed by atoms with van der Waals surface area (Å²) in [4.78, 5) is 29.1. The van der Waals surface area contributed by atoms with E-state index in [0.717, 1.165) is 84.3 Å². The van der Waals surface area contributed by atoms with E-state index in [1.807, 2.05) is 12.4 Å². The molecule has 0 bridgehead atoms. The highest BCUT2D eigenvalue weighted by Gasteiger charge is 2.31. The molecule has 3 aromatic rings. The summed E-state index contributed by atoms with van der Waals surface area (Å²) < 4.78 is 6.32. The lowest BCUT2D eigenvalue weighted by Gasteiger charge is -2.33. The van der Waals surface area contributed by atoms with Crippen LogP contribution < -0.4 is 4.90 Å². The van der Waals surface area contributed by atoms with E-state index in [-0.39, 0.29) is 11.8 Å². The van der Waals surface area contributed by atoms with Crippen LogP contribution in [-0.4, -0.2) is 70.6 Å². The maximum atomic E-state index is 12.4. The van der Waals surface area contributed by atoms with Gasteiger partial charge in [-0.05, 0) is 56.9 Å². The molecule has 2 saturated carbocycles. The van der Waals surface area contributed by atoms with Gasteiger partial charge in [0.25, 0.3) is 0 Å². The predicted molar refractivity (Wildman–Crippen MR) is 159 cm³/mol. The lowest BCUT2D eigenvalue weighted by molar-refractivity contribution is -0.174. The van der Waals surface area contributed by atoms with Crippen molar-refractivity contribution < 1.29 is 14.4 Å². The van der Waals surface area contributed by atoms with E-state index < -0.39 is 0 Å². The molecule has 218 valence electrons. The van der Waals surface area contributed by atoms with Gasteiger partial charge in [-0.1, -0.05) is 48.4 Å². The van der Waals surface area contributed by atoms with Gasteiger partial charge in [-0.2, -0.15) is 0 Å². The molecule has 0 unspecified atom stereocenters. The van der Waals surface area contributed by atoms with Crippen LogP contribution in [0, 0.1) is 5.92 Å². The SMILES string of the molecule is CON(C)C(=O)C1CCC(c2nnc(-c3ccc(-c4cnc(N5CCC(OC6CCCC6)CC5)nc4)cc3)s2)CC1. The highest BCUT2D eigenvalue weighted by Crippen LogP contribution is 2.39. The molecule has 6 rings (SSSR count). The van der Waals surface area contributed by atoms with E-state index in [1.165, 1.54) is 37.9 Å². The largest absolute Gasteiger partial charge is 0.375 e. The Labute approximate surface area is 246 Å². The third-order valence-electron chi connectivity index (χ3n) is 8.97. The Bertz CT molecular complexity index is 1280.